The third-order valence-corrected chi connectivity index (χ3v) is 6.05. The van der Waals surface area contributed by atoms with E-state index in [4.69, 9.17) is 16.0 Å². The van der Waals surface area contributed by atoms with Gasteiger partial charge in [-0.05, 0) is 61.0 Å². The van der Waals surface area contributed by atoms with Crippen LogP contribution in [0.3, 0.4) is 0 Å². The normalized spacial score (nSPS) is 11.1. The Balaban J connectivity index is 1.24. The Morgan fingerprint density at radius 1 is 1.03 bits per heavy atom. The van der Waals surface area contributed by atoms with Gasteiger partial charge in [0.15, 0.2) is 5.43 Å². The van der Waals surface area contributed by atoms with E-state index in [2.05, 4.69) is 15.6 Å². The van der Waals surface area contributed by atoms with Crippen molar-refractivity contribution >= 4 is 34.2 Å². The number of carbonyl (C=O) groups is 1. The largest absolute Gasteiger partial charge is 0.456 e. The first-order valence-electron chi connectivity index (χ1n) is 11.5. The van der Waals surface area contributed by atoms with E-state index in [1.165, 1.54) is 6.07 Å². The number of hydrogen-bond acceptors (Lipinski definition) is 5. The summed E-state index contributed by atoms with van der Waals surface area (Å²) in [6, 6.07) is 21.8. The van der Waals surface area contributed by atoms with Gasteiger partial charge in [-0.2, -0.15) is 0 Å². The molecule has 0 bridgehead atoms. The van der Waals surface area contributed by atoms with Crippen LogP contribution in [0.15, 0.2) is 88.2 Å². The van der Waals surface area contributed by atoms with Gasteiger partial charge >= 0.3 is 0 Å². The highest BCUT2D eigenvalue weighted by molar-refractivity contribution is 6.30. The van der Waals surface area contributed by atoms with E-state index in [0.29, 0.717) is 41.1 Å². The molecule has 5 aromatic rings. The van der Waals surface area contributed by atoms with Crippen molar-refractivity contribution in [1.82, 2.24) is 15.0 Å². The molecule has 5 rings (SSSR count). The number of nitrogens with zero attached hydrogens (tertiary/aromatic N) is 3. The summed E-state index contributed by atoms with van der Waals surface area (Å²) in [5, 5.41) is 12.4. The van der Waals surface area contributed by atoms with E-state index < -0.39 is 0 Å². The Morgan fingerprint density at radius 3 is 2.58 bits per heavy atom. The Bertz CT molecular complexity index is 1590. The van der Waals surface area contributed by atoms with Crippen molar-refractivity contribution in [3.63, 3.8) is 0 Å². The minimum atomic E-state index is -0.123. The number of rotatable bonds is 7. The third kappa shape index (κ3) is 5.53. The van der Waals surface area contributed by atoms with E-state index in [1.54, 1.807) is 22.9 Å². The van der Waals surface area contributed by atoms with Crippen molar-refractivity contribution in [3.8, 4) is 11.3 Å². The lowest BCUT2D eigenvalue weighted by Crippen LogP contribution is -2.12. The van der Waals surface area contributed by atoms with Gasteiger partial charge in [-0.1, -0.05) is 40.6 Å². The van der Waals surface area contributed by atoms with Crippen LogP contribution >= 0.6 is 11.6 Å². The molecule has 180 valence electrons. The molecule has 0 radical (unpaired) electrons. The molecule has 0 fully saturated rings. The molecule has 0 atom stereocenters. The van der Waals surface area contributed by atoms with E-state index in [-0.39, 0.29) is 11.3 Å². The van der Waals surface area contributed by atoms with Crippen molar-refractivity contribution in [1.29, 1.82) is 0 Å². The molecule has 0 aliphatic rings. The maximum absolute atomic E-state index is 12.8. The minimum absolute atomic E-state index is 0.0763. The quantitative estimate of drug-likeness (QED) is 0.314. The van der Waals surface area contributed by atoms with Gasteiger partial charge in [0, 0.05) is 41.4 Å². The highest BCUT2D eigenvalue weighted by Crippen LogP contribution is 2.24. The summed E-state index contributed by atoms with van der Waals surface area (Å²) in [5.74, 6) is 0.414. The molecule has 0 unspecified atom stereocenters. The lowest BCUT2D eigenvalue weighted by atomic mass is 10.1. The number of aromatic nitrogens is 3. The fourth-order valence-corrected chi connectivity index (χ4v) is 4.00. The van der Waals surface area contributed by atoms with Gasteiger partial charge in [0.25, 0.3) is 0 Å². The first-order valence-corrected chi connectivity index (χ1v) is 11.9. The zero-order valence-electron chi connectivity index (χ0n) is 19.6. The number of carbonyl (C=O) groups excluding carboxylic acids is 1. The molecule has 0 aliphatic carbocycles. The van der Waals surface area contributed by atoms with Gasteiger partial charge in [0.05, 0.1) is 17.6 Å². The predicted octanol–water partition coefficient (Wildman–Crippen LogP) is 5.63. The van der Waals surface area contributed by atoms with Crippen LogP contribution in [-0.2, 0) is 17.8 Å². The topological polar surface area (TPSA) is 90.0 Å². The summed E-state index contributed by atoms with van der Waals surface area (Å²) in [6.45, 7) is 2.44. The highest BCUT2D eigenvalue weighted by Gasteiger charge is 2.10. The third-order valence-electron chi connectivity index (χ3n) is 5.79. The zero-order valence-corrected chi connectivity index (χ0v) is 20.3. The van der Waals surface area contributed by atoms with E-state index in [9.17, 15) is 9.59 Å². The molecule has 2 aromatic heterocycles. The fourth-order valence-electron chi connectivity index (χ4n) is 3.88. The van der Waals surface area contributed by atoms with E-state index in [0.717, 1.165) is 28.1 Å². The van der Waals surface area contributed by atoms with E-state index in [1.807, 2.05) is 61.7 Å². The molecule has 0 saturated heterocycles. The van der Waals surface area contributed by atoms with Crippen molar-refractivity contribution in [2.75, 3.05) is 5.32 Å². The molecule has 1 N–H and O–H groups in total. The van der Waals surface area contributed by atoms with Gasteiger partial charge in [-0.3, -0.25) is 9.59 Å². The van der Waals surface area contributed by atoms with Gasteiger partial charge in [0.2, 0.25) is 5.91 Å². The lowest BCUT2D eigenvalue weighted by Gasteiger charge is -2.06. The Kier molecular flexibility index (Phi) is 6.64. The van der Waals surface area contributed by atoms with Gasteiger partial charge in [-0.25, -0.2) is 4.68 Å². The summed E-state index contributed by atoms with van der Waals surface area (Å²) >= 11 is 5.95. The SMILES string of the molecule is Cc1ccc(NC(=O)CCc2cn(Cc3ccc4oc(-c5ccc(Cl)cc5)cc(=O)c4c3)nn2)cc1. The summed E-state index contributed by atoms with van der Waals surface area (Å²) in [7, 11) is 0. The number of anilines is 1. The first kappa shape index (κ1) is 23.5. The van der Waals surface area contributed by atoms with Crippen LogP contribution in [0.4, 0.5) is 5.69 Å². The maximum atomic E-state index is 12.8. The molecule has 8 heteroatoms. The summed E-state index contributed by atoms with van der Waals surface area (Å²) < 4.78 is 7.66. The molecule has 7 nitrogen and oxygen atoms in total. The predicted molar refractivity (Wildman–Crippen MR) is 140 cm³/mol. The highest BCUT2D eigenvalue weighted by atomic mass is 35.5. The van der Waals surface area contributed by atoms with Crippen molar-refractivity contribution in [3.05, 3.63) is 111 Å². The van der Waals surface area contributed by atoms with Crippen molar-refractivity contribution in [2.24, 2.45) is 0 Å². The van der Waals surface area contributed by atoms with Crippen molar-refractivity contribution < 1.29 is 9.21 Å². The average Bonchev–Trinajstić information content (AvgIpc) is 3.32. The van der Waals surface area contributed by atoms with Crippen LogP contribution in [0.1, 0.15) is 23.2 Å². The fraction of sp³-hybridized carbons (Fsp3) is 0.143. The standard InChI is InChI=1S/C28H23ClN4O3/c1-18-2-9-22(10-3-18)30-28(35)13-11-23-17-33(32-31-23)16-19-4-12-26-24(14-19)25(34)15-27(36-26)20-5-7-21(29)8-6-20/h2-10,12,14-15,17H,11,13,16H2,1H3,(H,30,35). The molecular formula is C28H23ClN4O3. The molecule has 0 aliphatic heterocycles. The molecule has 3 aromatic carbocycles. The Hall–Kier alpha value is -4.23. The van der Waals surface area contributed by atoms with Crippen LogP contribution in [0, 0.1) is 6.92 Å². The number of benzene rings is 3. The number of amides is 1. The van der Waals surface area contributed by atoms with Gasteiger partial charge < -0.3 is 9.73 Å². The Labute approximate surface area is 212 Å². The second-order valence-electron chi connectivity index (χ2n) is 8.63. The average molecular weight is 499 g/mol. The monoisotopic (exact) mass is 498 g/mol. The summed E-state index contributed by atoms with van der Waals surface area (Å²) in [4.78, 5) is 25.0. The molecular weight excluding hydrogens is 476 g/mol. The molecule has 2 heterocycles. The van der Waals surface area contributed by atoms with Crippen LogP contribution in [0.2, 0.25) is 5.02 Å². The molecule has 1 amide bonds. The molecule has 0 saturated carbocycles. The van der Waals surface area contributed by atoms with Crippen molar-refractivity contribution in [2.45, 2.75) is 26.3 Å². The lowest BCUT2D eigenvalue weighted by molar-refractivity contribution is -0.116. The number of nitrogens with one attached hydrogen (secondary N) is 1. The molecule has 36 heavy (non-hydrogen) atoms. The van der Waals surface area contributed by atoms with E-state index >= 15 is 0 Å². The minimum Gasteiger partial charge on any atom is -0.456 e. The van der Waals surface area contributed by atoms with Gasteiger partial charge in [-0.15, -0.1) is 5.10 Å². The zero-order chi connectivity index (χ0) is 25.1. The second-order valence-corrected chi connectivity index (χ2v) is 9.07. The van der Waals surface area contributed by atoms with Crippen LogP contribution in [0.5, 0.6) is 0 Å². The second kappa shape index (κ2) is 10.2. The number of hydrogen-bond donors (Lipinski definition) is 1. The van der Waals surface area contributed by atoms with Crippen LogP contribution < -0.4 is 10.7 Å². The summed E-state index contributed by atoms with van der Waals surface area (Å²) in [6.07, 6.45) is 2.60. The van der Waals surface area contributed by atoms with Gasteiger partial charge in [0.1, 0.15) is 11.3 Å². The maximum Gasteiger partial charge on any atom is 0.224 e. The number of halogens is 1. The first-order chi connectivity index (χ1) is 17.4. The number of aryl methyl sites for hydroxylation is 2. The summed E-state index contributed by atoms with van der Waals surface area (Å²) in [5.41, 5.74) is 4.70. The smallest absolute Gasteiger partial charge is 0.224 e. The van der Waals surface area contributed by atoms with Crippen LogP contribution in [0.25, 0.3) is 22.3 Å². The van der Waals surface area contributed by atoms with Crippen LogP contribution in [-0.4, -0.2) is 20.9 Å². The Morgan fingerprint density at radius 2 is 1.81 bits per heavy atom. The number of fused-ring (bicyclic) bond motifs is 1. The molecule has 0 spiro atoms.